The molecule has 1 unspecified atom stereocenters. The number of benzene rings is 1. The molecular formula is C21H23ClN2O3. The van der Waals surface area contributed by atoms with Crippen LogP contribution in [0.5, 0.6) is 5.75 Å². The topological polar surface area (TPSA) is 54.7 Å². The number of nitrogens with one attached hydrogen (secondary N) is 1. The molecule has 4 rings (SSSR count). The molecule has 1 N–H and O–H groups in total. The fraction of sp³-hybridized carbons (Fsp3) is 0.381. The van der Waals surface area contributed by atoms with Gasteiger partial charge in [-0.15, -0.1) is 0 Å². The highest BCUT2D eigenvalue weighted by Crippen LogP contribution is 2.29. The minimum Gasteiger partial charge on any atom is -0.489 e. The van der Waals surface area contributed by atoms with Gasteiger partial charge in [0.05, 0.1) is 6.26 Å². The Morgan fingerprint density at radius 2 is 2.26 bits per heavy atom. The fourth-order valence-electron chi connectivity index (χ4n) is 3.77. The second kappa shape index (κ2) is 8.19. The average Bonchev–Trinajstić information content (AvgIpc) is 3.21. The number of ether oxygens (including phenoxy) is 1. The summed E-state index contributed by atoms with van der Waals surface area (Å²) in [4.78, 5) is 14.5. The lowest BCUT2D eigenvalue weighted by Gasteiger charge is -2.34. The highest BCUT2D eigenvalue weighted by Gasteiger charge is 2.23. The largest absolute Gasteiger partial charge is 0.489 e. The van der Waals surface area contributed by atoms with Crippen molar-refractivity contribution < 1.29 is 13.9 Å². The van der Waals surface area contributed by atoms with Crippen molar-refractivity contribution >= 4 is 23.6 Å². The zero-order chi connectivity index (χ0) is 18.6. The molecule has 1 atom stereocenters. The first-order valence-electron chi connectivity index (χ1n) is 9.33. The quantitative estimate of drug-likeness (QED) is 0.848. The molecule has 0 spiro atoms. The molecule has 0 aliphatic carbocycles. The maximum atomic E-state index is 12.0. The van der Waals surface area contributed by atoms with E-state index < -0.39 is 0 Å². The molecule has 0 saturated carbocycles. The van der Waals surface area contributed by atoms with E-state index in [1.165, 1.54) is 11.8 Å². The van der Waals surface area contributed by atoms with E-state index in [1.807, 2.05) is 18.2 Å². The van der Waals surface area contributed by atoms with Gasteiger partial charge < -0.3 is 14.5 Å². The number of hydrogen-bond donors (Lipinski definition) is 1. The zero-order valence-corrected chi connectivity index (χ0v) is 15.9. The predicted molar refractivity (Wildman–Crippen MR) is 105 cm³/mol. The molecule has 1 aromatic carbocycles. The van der Waals surface area contributed by atoms with Gasteiger partial charge in [-0.1, -0.05) is 11.6 Å². The Labute approximate surface area is 163 Å². The highest BCUT2D eigenvalue weighted by molar-refractivity contribution is 6.30. The molecule has 0 radical (unpaired) electrons. The standard InChI is InChI=1S/C21H23ClN2O3/c22-18-5-6-19-17(10-18)9-16(14-27-19)13-24-7-1-3-15(12-24)11-23-21(25)20-4-2-8-26-20/h2,4-6,8-10,15H,1,3,7,11-14H2,(H,23,25). The second-order valence-electron chi connectivity index (χ2n) is 7.20. The number of furan rings is 1. The number of hydrogen-bond acceptors (Lipinski definition) is 4. The third-order valence-corrected chi connectivity index (χ3v) is 5.31. The smallest absolute Gasteiger partial charge is 0.286 e. The summed E-state index contributed by atoms with van der Waals surface area (Å²) in [5.74, 6) is 1.56. The molecule has 5 nitrogen and oxygen atoms in total. The molecule has 1 saturated heterocycles. The summed E-state index contributed by atoms with van der Waals surface area (Å²) in [6, 6.07) is 9.12. The average molecular weight is 387 g/mol. The van der Waals surface area contributed by atoms with E-state index in [9.17, 15) is 4.79 Å². The van der Waals surface area contributed by atoms with Gasteiger partial charge in [0.15, 0.2) is 5.76 Å². The van der Waals surface area contributed by atoms with Crippen LogP contribution >= 0.6 is 11.6 Å². The van der Waals surface area contributed by atoms with Gasteiger partial charge in [-0.2, -0.15) is 0 Å². The molecule has 3 heterocycles. The molecule has 2 aliphatic rings. The Kier molecular flexibility index (Phi) is 5.50. The lowest BCUT2D eigenvalue weighted by atomic mass is 9.97. The number of nitrogens with zero attached hydrogens (tertiary/aromatic N) is 1. The Balaban J connectivity index is 1.31. The van der Waals surface area contributed by atoms with Crippen LogP contribution < -0.4 is 10.1 Å². The molecule has 1 fully saturated rings. The van der Waals surface area contributed by atoms with Gasteiger partial charge in [0.25, 0.3) is 5.91 Å². The van der Waals surface area contributed by atoms with Crippen LogP contribution in [-0.4, -0.2) is 43.6 Å². The minimum absolute atomic E-state index is 0.144. The van der Waals surface area contributed by atoms with Crippen LogP contribution in [0, 0.1) is 5.92 Å². The third kappa shape index (κ3) is 4.54. The Morgan fingerprint density at radius 3 is 3.11 bits per heavy atom. The summed E-state index contributed by atoms with van der Waals surface area (Å²) < 4.78 is 11.0. The summed E-state index contributed by atoms with van der Waals surface area (Å²) in [6.07, 6.45) is 5.97. The number of amides is 1. The number of carbonyl (C=O) groups excluding carboxylic acids is 1. The second-order valence-corrected chi connectivity index (χ2v) is 7.64. The van der Waals surface area contributed by atoms with Crippen molar-refractivity contribution in [2.45, 2.75) is 12.8 Å². The first kappa shape index (κ1) is 18.1. The number of likely N-dealkylation sites (tertiary alicyclic amines) is 1. The maximum Gasteiger partial charge on any atom is 0.286 e. The SMILES string of the molecule is O=C(NCC1CCCN(CC2=Cc3cc(Cl)ccc3OC2)C1)c1ccco1. The first-order valence-corrected chi connectivity index (χ1v) is 9.71. The summed E-state index contributed by atoms with van der Waals surface area (Å²) >= 11 is 6.10. The molecule has 1 aromatic heterocycles. The van der Waals surface area contributed by atoms with Crippen molar-refractivity contribution in [2.75, 3.05) is 32.8 Å². The van der Waals surface area contributed by atoms with Gasteiger partial charge in [0.1, 0.15) is 12.4 Å². The maximum absolute atomic E-state index is 12.0. The van der Waals surface area contributed by atoms with E-state index in [0.29, 0.717) is 24.8 Å². The van der Waals surface area contributed by atoms with Gasteiger partial charge in [-0.3, -0.25) is 9.69 Å². The van der Waals surface area contributed by atoms with Crippen LogP contribution in [0.25, 0.3) is 6.08 Å². The van der Waals surface area contributed by atoms with Crippen LogP contribution in [0.3, 0.4) is 0 Å². The molecule has 142 valence electrons. The van der Waals surface area contributed by atoms with E-state index in [-0.39, 0.29) is 5.91 Å². The summed E-state index contributed by atoms with van der Waals surface area (Å²) in [7, 11) is 0. The monoisotopic (exact) mass is 386 g/mol. The van der Waals surface area contributed by atoms with Crippen LogP contribution in [-0.2, 0) is 0 Å². The minimum atomic E-state index is -0.144. The van der Waals surface area contributed by atoms with E-state index in [0.717, 1.165) is 48.8 Å². The first-order chi connectivity index (χ1) is 13.2. The van der Waals surface area contributed by atoms with Crippen molar-refractivity contribution in [3.8, 4) is 5.75 Å². The molecular weight excluding hydrogens is 364 g/mol. The van der Waals surface area contributed by atoms with E-state index >= 15 is 0 Å². The Bertz CT molecular complexity index is 832. The van der Waals surface area contributed by atoms with E-state index in [1.54, 1.807) is 12.1 Å². The Morgan fingerprint density at radius 1 is 1.33 bits per heavy atom. The van der Waals surface area contributed by atoms with Gasteiger partial charge >= 0.3 is 0 Å². The van der Waals surface area contributed by atoms with Gasteiger partial charge in [0.2, 0.25) is 0 Å². The molecule has 0 bridgehead atoms. The molecule has 1 amide bonds. The zero-order valence-electron chi connectivity index (χ0n) is 15.1. The third-order valence-electron chi connectivity index (χ3n) is 5.07. The normalized spacial score (nSPS) is 19.7. The van der Waals surface area contributed by atoms with Crippen molar-refractivity contribution in [3.63, 3.8) is 0 Å². The van der Waals surface area contributed by atoms with Crippen molar-refractivity contribution in [1.29, 1.82) is 0 Å². The van der Waals surface area contributed by atoms with E-state index in [2.05, 4.69) is 16.3 Å². The molecule has 27 heavy (non-hydrogen) atoms. The summed E-state index contributed by atoms with van der Waals surface area (Å²) in [5.41, 5.74) is 2.30. The molecule has 6 heteroatoms. The molecule has 2 aliphatic heterocycles. The van der Waals surface area contributed by atoms with Gasteiger partial charge in [-0.05, 0) is 67.3 Å². The van der Waals surface area contributed by atoms with Crippen molar-refractivity contribution in [2.24, 2.45) is 5.92 Å². The van der Waals surface area contributed by atoms with Crippen LogP contribution in [0.4, 0.5) is 0 Å². The van der Waals surface area contributed by atoms with Gasteiger partial charge in [-0.25, -0.2) is 0 Å². The van der Waals surface area contributed by atoms with Crippen LogP contribution in [0.1, 0.15) is 29.0 Å². The lowest BCUT2D eigenvalue weighted by molar-refractivity contribution is 0.0906. The highest BCUT2D eigenvalue weighted by atomic mass is 35.5. The predicted octanol–water partition coefficient (Wildman–Crippen LogP) is 3.85. The lowest BCUT2D eigenvalue weighted by Crippen LogP contribution is -2.42. The number of halogens is 1. The van der Waals surface area contributed by atoms with Crippen LogP contribution in [0.2, 0.25) is 5.02 Å². The van der Waals surface area contributed by atoms with Crippen LogP contribution in [0.15, 0.2) is 46.6 Å². The summed E-state index contributed by atoms with van der Waals surface area (Å²) in [5, 5.41) is 3.71. The number of piperidine rings is 1. The van der Waals surface area contributed by atoms with Gasteiger partial charge in [0, 0.05) is 30.2 Å². The van der Waals surface area contributed by atoms with Crippen molar-refractivity contribution in [1.82, 2.24) is 10.2 Å². The number of rotatable bonds is 5. The van der Waals surface area contributed by atoms with E-state index in [4.69, 9.17) is 20.8 Å². The number of fused-ring (bicyclic) bond motifs is 1. The fourth-order valence-corrected chi connectivity index (χ4v) is 3.95. The molecule has 2 aromatic rings. The number of carbonyl (C=O) groups is 1. The Hall–Kier alpha value is -2.24. The van der Waals surface area contributed by atoms with Crippen molar-refractivity contribution in [3.05, 3.63) is 58.5 Å². The summed E-state index contributed by atoms with van der Waals surface area (Å²) in [6.45, 7) is 4.21.